The minimum atomic E-state index is -0.511. The van der Waals surface area contributed by atoms with Crippen LogP contribution in [0.1, 0.15) is 13.3 Å². The van der Waals surface area contributed by atoms with Gasteiger partial charge in [-0.2, -0.15) is 0 Å². The molecule has 2 heterocycles. The monoisotopic (exact) mass is 274 g/mol. The van der Waals surface area contributed by atoms with Crippen molar-refractivity contribution in [1.29, 1.82) is 0 Å². The van der Waals surface area contributed by atoms with Crippen LogP contribution in [0.15, 0.2) is 30.7 Å². The molecule has 0 saturated carbocycles. The van der Waals surface area contributed by atoms with E-state index in [9.17, 15) is 10.1 Å². The van der Waals surface area contributed by atoms with E-state index in [2.05, 4.69) is 25.6 Å². The van der Waals surface area contributed by atoms with Crippen LogP contribution in [0.3, 0.4) is 0 Å². The lowest BCUT2D eigenvalue weighted by molar-refractivity contribution is -0.383. The molecule has 104 valence electrons. The van der Waals surface area contributed by atoms with Gasteiger partial charge in [-0.1, -0.05) is 13.0 Å². The van der Waals surface area contributed by atoms with Gasteiger partial charge in [0, 0.05) is 12.7 Å². The van der Waals surface area contributed by atoms with Gasteiger partial charge in [0.25, 0.3) is 0 Å². The highest BCUT2D eigenvalue weighted by Gasteiger charge is 2.22. The Balaban J connectivity index is 2.34. The Bertz CT molecular complexity index is 590. The molecule has 0 spiro atoms. The van der Waals surface area contributed by atoms with Crippen LogP contribution in [0, 0.1) is 10.1 Å². The number of anilines is 3. The van der Waals surface area contributed by atoms with E-state index in [-0.39, 0.29) is 17.3 Å². The van der Waals surface area contributed by atoms with Crippen LogP contribution in [0.5, 0.6) is 0 Å². The van der Waals surface area contributed by atoms with E-state index in [1.54, 1.807) is 24.4 Å². The summed E-state index contributed by atoms with van der Waals surface area (Å²) < 4.78 is 0. The van der Waals surface area contributed by atoms with E-state index in [0.29, 0.717) is 12.4 Å². The lowest BCUT2D eigenvalue weighted by Crippen LogP contribution is -2.09. The smallest absolute Gasteiger partial charge is 0.353 e. The molecule has 0 fully saturated rings. The molecule has 0 aliphatic rings. The van der Waals surface area contributed by atoms with Crippen molar-refractivity contribution < 1.29 is 4.92 Å². The van der Waals surface area contributed by atoms with Crippen molar-refractivity contribution in [2.45, 2.75) is 13.3 Å². The van der Waals surface area contributed by atoms with Gasteiger partial charge in [-0.05, 0) is 18.6 Å². The van der Waals surface area contributed by atoms with Gasteiger partial charge in [0.15, 0.2) is 0 Å². The second-order valence-corrected chi connectivity index (χ2v) is 3.94. The molecule has 0 saturated heterocycles. The number of nitro groups is 1. The maximum absolute atomic E-state index is 11.2. The quantitative estimate of drug-likeness (QED) is 0.615. The fourth-order valence-corrected chi connectivity index (χ4v) is 1.57. The number of pyridine rings is 1. The minimum absolute atomic E-state index is 0.113. The molecule has 0 radical (unpaired) electrons. The number of nitrogens with one attached hydrogen (secondary N) is 2. The van der Waals surface area contributed by atoms with Crippen LogP contribution < -0.4 is 10.6 Å². The predicted molar refractivity (Wildman–Crippen MR) is 75.0 cm³/mol. The number of rotatable bonds is 6. The molecular formula is C12H14N6O2. The molecule has 0 amide bonds. The first kappa shape index (κ1) is 13.7. The Labute approximate surface area is 115 Å². The van der Waals surface area contributed by atoms with Crippen molar-refractivity contribution in [1.82, 2.24) is 15.0 Å². The number of hydrogen-bond acceptors (Lipinski definition) is 7. The summed E-state index contributed by atoms with van der Waals surface area (Å²) >= 11 is 0. The molecule has 0 aromatic carbocycles. The Hall–Kier alpha value is -2.77. The van der Waals surface area contributed by atoms with Crippen LogP contribution in [-0.2, 0) is 0 Å². The van der Waals surface area contributed by atoms with Crippen molar-refractivity contribution in [2.75, 3.05) is 17.2 Å². The van der Waals surface area contributed by atoms with E-state index in [1.165, 1.54) is 6.33 Å². The lowest BCUT2D eigenvalue weighted by Gasteiger charge is -2.08. The Morgan fingerprint density at radius 3 is 2.70 bits per heavy atom. The van der Waals surface area contributed by atoms with Crippen molar-refractivity contribution in [3.8, 4) is 0 Å². The molecule has 0 aliphatic carbocycles. The maximum atomic E-state index is 11.2. The Kier molecular flexibility index (Phi) is 4.38. The highest BCUT2D eigenvalue weighted by atomic mass is 16.6. The molecule has 0 aliphatic heterocycles. The van der Waals surface area contributed by atoms with Crippen molar-refractivity contribution in [3.05, 3.63) is 40.8 Å². The molecule has 8 heteroatoms. The summed E-state index contributed by atoms with van der Waals surface area (Å²) in [5.41, 5.74) is -0.188. The highest BCUT2D eigenvalue weighted by molar-refractivity contribution is 5.72. The molecule has 0 unspecified atom stereocenters. The summed E-state index contributed by atoms with van der Waals surface area (Å²) in [6.45, 7) is 2.56. The third-order valence-electron chi connectivity index (χ3n) is 2.46. The normalized spacial score (nSPS) is 10.1. The summed E-state index contributed by atoms with van der Waals surface area (Å²) in [5, 5.41) is 17.0. The fraction of sp³-hybridized carbons (Fsp3) is 0.250. The van der Waals surface area contributed by atoms with Gasteiger partial charge in [0.05, 0.1) is 4.92 Å². The van der Waals surface area contributed by atoms with Gasteiger partial charge in [0.2, 0.25) is 11.6 Å². The number of aromatic nitrogens is 3. The Morgan fingerprint density at radius 1 is 1.25 bits per heavy atom. The first-order valence-corrected chi connectivity index (χ1v) is 6.13. The third-order valence-corrected chi connectivity index (χ3v) is 2.46. The van der Waals surface area contributed by atoms with Gasteiger partial charge in [0.1, 0.15) is 12.1 Å². The van der Waals surface area contributed by atoms with Gasteiger partial charge in [-0.25, -0.2) is 15.0 Å². The SMILES string of the molecule is CCCNc1ncnc(Nc2ccccn2)c1[N+](=O)[O-]. The molecule has 0 atom stereocenters. The lowest BCUT2D eigenvalue weighted by atomic mass is 10.4. The van der Waals surface area contributed by atoms with Crippen molar-refractivity contribution >= 4 is 23.1 Å². The average Bonchev–Trinajstić information content (AvgIpc) is 2.46. The molecule has 2 N–H and O–H groups in total. The zero-order chi connectivity index (χ0) is 14.4. The molecule has 0 bridgehead atoms. The van der Waals surface area contributed by atoms with Crippen molar-refractivity contribution in [3.63, 3.8) is 0 Å². The molecular weight excluding hydrogens is 260 g/mol. The second-order valence-electron chi connectivity index (χ2n) is 3.94. The number of hydrogen-bond donors (Lipinski definition) is 2. The van der Waals surface area contributed by atoms with Crippen LogP contribution in [0.2, 0.25) is 0 Å². The zero-order valence-electron chi connectivity index (χ0n) is 10.9. The predicted octanol–water partition coefficient (Wildman–Crippen LogP) is 2.35. The van der Waals surface area contributed by atoms with E-state index in [4.69, 9.17) is 0 Å². The Morgan fingerprint density at radius 2 is 2.05 bits per heavy atom. The topological polar surface area (TPSA) is 106 Å². The molecule has 20 heavy (non-hydrogen) atoms. The van der Waals surface area contributed by atoms with E-state index in [1.807, 2.05) is 6.92 Å². The van der Waals surface area contributed by atoms with Gasteiger partial charge >= 0.3 is 5.69 Å². The first-order chi connectivity index (χ1) is 9.72. The van der Waals surface area contributed by atoms with Crippen LogP contribution in [0.25, 0.3) is 0 Å². The maximum Gasteiger partial charge on any atom is 0.353 e. The summed E-state index contributed by atoms with van der Waals surface area (Å²) in [4.78, 5) is 22.6. The summed E-state index contributed by atoms with van der Waals surface area (Å²) in [5.74, 6) is 0.795. The van der Waals surface area contributed by atoms with Crippen LogP contribution in [-0.4, -0.2) is 26.4 Å². The molecule has 8 nitrogen and oxygen atoms in total. The fourth-order valence-electron chi connectivity index (χ4n) is 1.57. The molecule has 2 aromatic rings. The van der Waals surface area contributed by atoms with Crippen LogP contribution >= 0.6 is 0 Å². The summed E-state index contributed by atoms with van der Waals surface area (Å²) in [7, 11) is 0. The highest BCUT2D eigenvalue weighted by Crippen LogP contribution is 2.30. The number of nitrogens with zero attached hydrogens (tertiary/aromatic N) is 4. The van der Waals surface area contributed by atoms with E-state index >= 15 is 0 Å². The summed E-state index contributed by atoms with van der Waals surface area (Å²) in [6.07, 6.45) is 3.70. The van der Waals surface area contributed by atoms with E-state index < -0.39 is 4.92 Å². The molecule has 2 rings (SSSR count). The van der Waals surface area contributed by atoms with Gasteiger partial charge in [-0.15, -0.1) is 0 Å². The van der Waals surface area contributed by atoms with Crippen LogP contribution in [0.4, 0.5) is 23.1 Å². The van der Waals surface area contributed by atoms with Gasteiger partial charge in [-0.3, -0.25) is 10.1 Å². The van der Waals surface area contributed by atoms with E-state index in [0.717, 1.165) is 6.42 Å². The zero-order valence-corrected chi connectivity index (χ0v) is 10.9. The van der Waals surface area contributed by atoms with Gasteiger partial charge < -0.3 is 10.6 Å². The molecule has 2 aromatic heterocycles. The van der Waals surface area contributed by atoms with Crippen molar-refractivity contribution in [2.24, 2.45) is 0 Å². The standard InChI is InChI=1S/C12H14N6O2/c1-2-6-14-11-10(18(19)20)12(16-8-15-11)17-9-5-3-4-7-13-9/h3-5,7-8H,2,6H2,1H3,(H2,13,14,15,16,17). The summed E-state index contributed by atoms with van der Waals surface area (Å²) in [6, 6.07) is 5.23. The second kappa shape index (κ2) is 6.41. The third kappa shape index (κ3) is 3.16. The average molecular weight is 274 g/mol. The largest absolute Gasteiger partial charge is 0.364 e. The minimum Gasteiger partial charge on any atom is -0.364 e. The first-order valence-electron chi connectivity index (χ1n) is 6.13.